The van der Waals surface area contributed by atoms with Gasteiger partial charge in [-0.25, -0.2) is 0 Å². The van der Waals surface area contributed by atoms with Crippen molar-refractivity contribution in [2.75, 3.05) is 26.2 Å². The monoisotopic (exact) mass is 261 g/mol. The molecule has 2 saturated heterocycles. The third kappa shape index (κ3) is 1.91. The topological polar surface area (TPSA) is 52.7 Å². The Morgan fingerprint density at radius 3 is 2.06 bits per heavy atom. The summed E-state index contributed by atoms with van der Waals surface area (Å²) < 4.78 is 0. The Bertz CT molecular complexity index is 292. The van der Waals surface area contributed by atoms with Gasteiger partial charge in [-0.1, -0.05) is 0 Å². The van der Waals surface area contributed by atoms with E-state index in [0.29, 0.717) is 26.1 Å². The first-order valence-electron chi connectivity index (χ1n) is 6.02. The highest BCUT2D eigenvalue weighted by molar-refractivity contribution is 6.10. The lowest BCUT2D eigenvalue weighted by atomic mass is 9.80. The zero-order chi connectivity index (χ0) is 11.8. The average Bonchev–Trinajstić information content (AvgIpc) is 2.52. The molecular weight excluding hydrogens is 242 g/mol. The number of halogens is 1. The van der Waals surface area contributed by atoms with Gasteiger partial charge in [0.25, 0.3) is 11.8 Å². The van der Waals surface area contributed by atoms with Crippen LogP contribution in [0.3, 0.4) is 0 Å². The number of amides is 2. The molecule has 98 valence electrons. The van der Waals surface area contributed by atoms with E-state index in [9.17, 15) is 9.59 Å². The summed E-state index contributed by atoms with van der Waals surface area (Å²) in [6.07, 6.45) is 1.58. The molecule has 2 amide bonds. The molecule has 0 bridgehead atoms. The van der Waals surface area contributed by atoms with Crippen LogP contribution in [0.5, 0.6) is 0 Å². The molecule has 6 heteroatoms. The molecule has 1 N–H and O–H groups in total. The van der Waals surface area contributed by atoms with Gasteiger partial charge in [0.15, 0.2) is 0 Å². The molecule has 0 unspecified atom stereocenters. The number of carbonyl (C=O) groups is 2. The van der Waals surface area contributed by atoms with Gasteiger partial charge in [-0.05, 0) is 33.2 Å². The van der Waals surface area contributed by atoms with Gasteiger partial charge >= 0.3 is 0 Å². The summed E-state index contributed by atoms with van der Waals surface area (Å²) in [5.74, 6) is -0.0388. The highest BCUT2D eigenvalue weighted by Crippen LogP contribution is 2.37. The van der Waals surface area contributed by atoms with Gasteiger partial charge in [0.1, 0.15) is 5.41 Å². The molecule has 0 aromatic carbocycles. The summed E-state index contributed by atoms with van der Waals surface area (Å²) in [6.45, 7) is 6.35. The van der Waals surface area contributed by atoms with Crippen molar-refractivity contribution in [3.63, 3.8) is 0 Å². The molecule has 0 aromatic rings. The largest absolute Gasteiger partial charge is 0.315 e. The SMILES string of the molecule is CCN1C(=O)C2(CCCNC2)C(=O)N1CC.Cl. The maximum atomic E-state index is 12.3. The number of nitrogens with one attached hydrogen (secondary N) is 1. The zero-order valence-electron chi connectivity index (χ0n) is 10.4. The highest BCUT2D eigenvalue weighted by Gasteiger charge is 2.57. The maximum Gasteiger partial charge on any atom is 0.258 e. The van der Waals surface area contributed by atoms with Crippen molar-refractivity contribution in [3.05, 3.63) is 0 Å². The highest BCUT2D eigenvalue weighted by atomic mass is 35.5. The van der Waals surface area contributed by atoms with Crippen LogP contribution in [0.25, 0.3) is 0 Å². The second-order valence-electron chi connectivity index (χ2n) is 4.40. The Balaban J connectivity index is 0.00000144. The molecule has 2 aliphatic rings. The lowest BCUT2D eigenvalue weighted by molar-refractivity contribution is -0.145. The molecule has 2 aliphatic heterocycles. The van der Waals surface area contributed by atoms with Crippen LogP contribution in [-0.2, 0) is 9.59 Å². The lowest BCUT2D eigenvalue weighted by Crippen LogP contribution is -2.49. The van der Waals surface area contributed by atoms with Crippen LogP contribution in [0.15, 0.2) is 0 Å². The Morgan fingerprint density at radius 1 is 1.18 bits per heavy atom. The minimum atomic E-state index is -0.801. The van der Waals surface area contributed by atoms with E-state index < -0.39 is 5.41 Å². The van der Waals surface area contributed by atoms with E-state index in [1.807, 2.05) is 13.8 Å². The van der Waals surface area contributed by atoms with Gasteiger partial charge in [0.2, 0.25) is 0 Å². The van der Waals surface area contributed by atoms with Crippen LogP contribution < -0.4 is 5.32 Å². The first-order chi connectivity index (χ1) is 7.67. The fraction of sp³-hybridized carbons (Fsp3) is 0.818. The van der Waals surface area contributed by atoms with Crippen LogP contribution in [0.2, 0.25) is 0 Å². The summed E-state index contributed by atoms with van der Waals surface area (Å²) in [5.41, 5.74) is -0.801. The van der Waals surface area contributed by atoms with Crippen LogP contribution in [0, 0.1) is 5.41 Å². The van der Waals surface area contributed by atoms with E-state index in [2.05, 4.69) is 5.32 Å². The van der Waals surface area contributed by atoms with Gasteiger partial charge < -0.3 is 5.32 Å². The number of hydrogen-bond acceptors (Lipinski definition) is 3. The van der Waals surface area contributed by atoms with E-state index in [4.69, 9.17) is 0 Å². The predicted octanol–water partition coefficient (Wildman–Crippen LogP) is 0.404. The van der Waals surface area contributed by atoms with Gasteiger partial charge in [0.05, 0.1) is 0 Å². The Hall–Kier alpha value is -0.810. The Kier molecular flexibility index (Phi) is 4.38. The van der Waals surface area contributed by atoms with Gasteiger partial charge in [-0.3, -0.25) is 19.6 Å². The number of carbonyl (C=O) groups excluding carboxylic acids is 2. The third-order valence-corrected chi connectivity index (χ3v) is 3.56. The van der Waals surface area contributed by atoms with Gasteiger partial charge in [0, 0.05) is 19.6 Å². The molecule has 2 heterocycles. The molecule has 5 nitrogen and oxygen atoms in total. The molecule has 17 heavy (non-hydrogen) atoms. The molecule has 1 spiro atoms. The van der Waals surface area contributed by atoms with Crippen LogP contribution in [0.1, 0.15) is 26.7 Å². The second kappa shape index (κ2) is 5.23. The van der Waals surface area contributed by atoms with E-state index >= 15 is 0 Å². The maximum absolute atomic E-state index is 12.3. The molecule has 0 atom stereocenters. The van der Waals surface area contributed by atoms with Crippen molar-refractivity contribution < 1.29 is 9.59 Å². The van der Waals surface area contributed by atoms with E-state index in [1.54, 1.807) is 10.0 Å². The first-order valence-corrected chi connectivity index (χ1v) is 6.02. The quantitative estimate of drug-likeness (QED) is 0.733. The molecule has 2 fully saturated rings. The molecule has 0 aliphatic carbocycles. The third-order valence-electron chi connectivity index (χ3n) is 3.56. The van der Waals surface area contributed by atoms with Crippen molar-refractivity contribution in [1.29, 1.82) is 0 Å². The minimum absolute atomic E-state index is 0. The van der Waals surface area contributed by atoms with Crippen LogP contribution in [0.4, 0.5) is 0 Å². The van der Waals surface area contributed by atoms with Crippen LogP contribution >= 0.6 is 12.4 Å². The molecule has 2 rings (SSSR count). The molecule has 0 saturated carbocycles. The fourth-order valence-corrected chi connectivity index (χ4v) is 2.70. The summed E-state index contributed by atoms with van der Waals surface area (Å²) in [7, 11) is 0. The van der Waals surface area contributed by atoms with Crippen LogP contribution in [-0.4, -0.2) is 48.0 Å². The smallest absolute Gasteiger partial charge is 0.258 e. The van der Waals surface area contributed by atoms with Crippen molar-refractivity contribution in [3.8, 4) is 0 Å². The van der Waals surface area contributed by atoms with E-state index in [-0.39, 0.29) is 24.2 Å². The number of rotatable bonds is 2. The summed E-state index contributed by atoms with van der Waals surface area (Å²) in [6, 6.07) is 0. The number of piperidine rings is 1. The number of hydrazine groups is 1. The van der Waals surface area contributed by atoms with E-state index in [0.717, 1.165) is 13.0 Å². The average molecular weight is 262 g/mol. The number of nitrogens with zero attached hydrogens (tertiary/aromatic N) is 2. The van der Waals surface area contributed by atoms with Gasteiger partial charge in [-0.15, -0.1) is 12.4 Å². The molecule has 0 aromatic heterocycles. The van der Waals surface area contributed by atoms with Gasteiger partial charge in [-0.2, -0.15) is 0 Å². The molecule has 0 radical (unpaired) electrons. The summed E-state index contributed by atoms with van der Waals surface area (Å²) >= 11 is 0. The van der Waals surface area contributed by atoms with E-state index in [1.165, 1.54) is 0 Å². The lowest BCUT2D eigenvalue weighted by Gasteiger charge is -2.28. The predicted molar refractivity (Wildman–Crippen MR) is 66.6 cm³/mol. The fourth-order valence-electron chi connectivity index (χ4n) is 2.70. The Morgan fingerprint density at radius 2 is 1.71 bits per heavy atom. The Labute approximate surface area is 108 Å². The van der Waals surface area contributed by atoms with Crippen molar-refractivity contribution >= 4 is 24.2 Å². The standard InChI is InChI=1S/C11H19N3O2.ClH/c1-3-13-9(15)11(6-5-7-12-8-11)10(16)14(13)4-2;/h12H,3-8H2,1-2H3;1H. The zero-order valence-corrected chi connectivity index (χ0v) is 11.2. The summed E-state index contributed by atoms with van der Waals surface area (Å²) in [5, 5.41) is 6.36. The number of hydrogen-bond donors (Lipinski definition) is 1. The van der Waals surface area contributed by atoms with Crippen molar-refractivity contribution in [2.24, 2.45) is 5.41 Å². The van der Waals surface area contributed by atoms with Crippen molar-refractivity contribution in [1.82, 2.24) is 15.3 Å². The minimum Gasteiger partial charge on any atom is -0.315 e. The normalized spacial score (nSPS) is 23.2. The van der Waals surface area contributed by atoms with Crippen molar-refractivity contribution in [2.45, 2.75) is 26.7 Å². The summed E-state index contributed by atoms with van der Waals surface area (Å²) in [4.78, 5) is 24.6. The second-order valence-corrected chi connectivity index (χ2v) is 4.40. The first kappa shape index (κ1) is 14.3. The molecular formula is C11H20ClN3O2.